The van der Waals surface area contributed by atoms with E-state index in [-0.39, 0.29) is 12.2 Å². The molecule has 0 saturated carbocycles. The van der Waals surface area contributed by atoms with Crippen molar-refractivity contribution in [2.75, 3.05) is 6.61 Å². The second-order valence-corrected chi connectivity index (χ2v) is 10.8. The highest BCUT2D eigenvalue weighted by atomic mass is 28.3. The predicted molar refractivity (Wildman–Crippen MR) is 111 cm³/mol. The van der Waals surface area contributed by atoms with E-state index >= 15 is 0 Å². The summed E-state index contributed by atoms with van der Waals surface area (Å²) in [5.74, 6) is -0.518. The van der Waals surface area contributed by atoms with Crippen molar-refractivity contribution in [1.29, 1.82) is 0 Å². The van der Waals surface area contributed by atoms with Gasteiger partial charge in [-0.25, -0.2) is 0 Å². The minimum absolute atomic E-state index is 0.227. The van der Waals surface area contributed by atoms with Gasteiger partial charge in [0.2, 0.25) is 0 Å². The number of carbonyl (C=O) groups excluding carboxylic acids is 1. The van der Waals surface area contributed by atoms with Gasteiger partial charge < -0.3 is 28.5 Å². The Labute approximate surface area is 175 Å². The van der Waals surface area contributed by atoms with Gasteiger partial charge in [-0.1, -0.05) is 30.3 Å². The summed E-state index contributed by atoms with van der Waals surface area (Å²) in [4.78, 5) is 11.6. The number of hydrogen-bond acceptors (Lipinski definition) is 7. The van der Waals surface area contributed by atoms with Crippen LogP contribution in [0.2, 0.25) is 13.1 Å². The molecule has 1 aromatic rings. The molecule has 1 N–H and O–H groups in total. The number of benzene rings is 1. The average Bonchev–Trinajstić information content (AvgIpc) is 2.62. The second kappa shape index (κ2) is 10.7. The van der Waals surface area contributed by atoms with Crippen LogP contribution in [-0.2, 0) is 34.8 Å². The fourth-order valence-corrected chi connectivity index (χ4v) is 4.07. The quantitative estimate of drug-likeness (QED) is 0.505. The lowest BCUT2D eigenvalue weighted by Gasteiger charge is -2.45. The highest BCUT2D eigenvalue weighted by molar-refractivity contribution is 6.48. The lowest BCUT2D eigenvalue weighted by Crippen LogP contribution is -2.62. The van der Waals surface area contributed by atoms with Crippen LogP contribution >= 0.6 is 0 Å². The summed E-state index contributed by atoms with van der Waals surface area (Å²) in [6.45, 7) is 11.7. The molecule has 0 spiro atoms. The number of carbonyl (C=O) groups is 1. The summed E-state index contributed by atoms with van der Waals surface area (Å²) < 4.78 is 29.4. The van der Waals surface area contributed by atoms with Crippen molar-refractivity contribution in [2.24, 2.45) is 0 Å². The van der Waals surface area contributed by atoms with Crippen molar-refractivity contribution in [1.82, 2.24) is 0 Å². The van der Waals surface area contributed by atoms with Gasteiger partial charge >= 0.3 is 5.97 Å². The standard InChI is InChI=1S/C21H34O7Si/c1-14(22)26-19-18(24-12-15-10-8-7-9-11-15)17(28-29(5)6)16(27-20(19)23)13-25-21(2,3)4/h7-11,16-20,23,29H,12-13H2,1-6H3/t16-,17-,18+,19-,20?/m1/s1. The second-order valence-electron chi connectivity index (χ2n) is 8.47. The molecule has 8 heteroatoms. The van der Waals surface area contributed by atoms with E-state index in [1.807, 2.05) is 64.2 Å². The highest BCUT2D eigenvalue weighted by Gasteiger charge is 2.49. The molecule has 164 valence electrons. The van der Waals surface area contributed by atoms with Gasteiger partial charge in [-0.05, 0) is 39.4 Å². The Balaban J connectivity index is 2.26. The maximum absolute atomic E-state index is 11.6. The molecule has 0 aromatic heterocycles. The molecular formula is C21H34O7Si. The third-order valence-corrected chi connectivity index (χ3v) is 5.17. The average molecular weight is 427 g/mol. The lowest BCUT2D eigenvalue weighted by molar-refractivity contribution is -0.300. The van der Waals surface area contributed by atoms with Crippen LogP contribution in [0, 0.1) is 0 Å². The largest absolute Gasteiger partial charge is 0.454 e. The van der Waals surface area contributed by atoms with E-state index in [1.54, 1.807) is 0 Å². The van der Waals surface area contributed by atoms with Crippen LogP contribution in [0.4, 0.5) is 0 Å². The molecular weight excluding hydrogens is 392 g/mol. The Morgan fingerprint density at radius 2 is 1.79 bits per heavy atom. The summed E-state index contributed by atoms with van der Waals surface area (Å²) in [6.07, 6.45) is -4.08. The highest BCUT2D eigenvalue weighted by Crippen LogP contribution is 2.29. The number of rotatable bonds is 8. The third-order valence-electron chi connectivity index (χ3n) is 4.31. The molecule has 1 saturated heterocycles. The monoisotopic (exact) mass is 426 g/mol. The first-order valence-electron chi connectivity index (χ1n) is 10.0. The van der Waals surface area contributed by atoms with Gasteiger partial charge in [0.15, 0.2) is 21.4 Å². The Kier molecular flexibility index (Phi) is 8.81. The Bertz CT molecular complexity index is 632. The third kappa shape index (κ3) is 7.80. The number of hydrogen-bond donors (Lipinski definition) is 1. The Hall–Kier alpha value is -1.29. The molecule has 0 radical (unpaired) electrons. The Morgan fingerprint density at radius 1 is 1.14 bits per heavy atom. The molecule has 7 nitrogen and oxygen atoms in total. The van der Waals surface area contributed by atoms with E-state index in [9.17, 15) is 9.90 Å². The van der Waals surface area contributed by atoms with Crippen LogP contribution in [0.3, 0.4) is 0 Å². The molecule has 2 rings (SSSR count). The molecule has 29 heavy (non-hydrogen) atoms. The molecule has 0 bridgehead atoms. The van der Waals surface area contributed by atoms with Crippen LogP contribution in [0.1, 0.15) is 33.3 Å². The van der Waals surface area contributed by atoms with Gasteiger partial charge in [0, 0.05) is 6.92 Å². The smallest absolute Gasteiger partial charge is 0.303 e. The number of aliphatic hydroxyl groups excluding tert-OH is 1. The molecule has 1 aromatic carbocycles. The van der Waals surface area contributed by atoms with Crippen molar-refractivity contribution in [2.45, 2.75) is 83.7 Å². The predicted octanol–water partition coefficient (Wildman–Crippen LogP) is 2.40. The molecule has 0 amide bonds. The van der Waals surface area contributed by atoms with Gasteiger partial charge in [0.05, 0.1) is 18.8 Å². The number of esters is 1. The summed E-state index contributed by atoms with van der Waals surface area (Å²) >= 11 is 0. The molecule has 1 aliphatic rings. The Morgan fingerprint density at radius 3 is 2.34 bits per heavy atom. The normalized spacial score (nSPS) is 27.8. The molecule has 1 unspecified atom stereocenters. The minimum atomic E-state index is -1.51. The van der Waals surface area contributed by atoms with Crippen molar-refractivity contribution < 1.29 is 33.3 Å². The van der Waals surface area contributed by atoms with E-state index in [2.05, 4.69) is 0 Å². The zero-order valence-electron chi connectivity index (χ0n) is 18.2. The lowest BCUT2D eigenvalue weighted by atomic mass is 9.98. The van der Waals surface area contributed by atoms with Crippen LogP contribution in [-0.4, -0.2) is 63.0 Å². The number of aliphatic hydroxyl groups is 1. The van der Waals surface area contributed by atoms with E-state index in [4.69, 9.17) is 23.4 Å². The van der Waals surface area contributed by atoms with E-state index in [0.29, 0.717) is 6.61 Å². The van der Waals surface area contributed by atoms with E-state index in [0.717, 1.165) is 5.56 Å². The van der Waals surface area contributed by atoms with Crippen molar-refractivity contribution in [3.8, 4) is 0 Å². The fourth-order valence-electron chi connectivity index (χ4n) is 3.11. The molecule has 5 atom stereocenters. The maximum Gasteiger partial charge on any atom is 0.303 e. The SMILES string of the molecule is CC(=O)O[C@H]1C(O)O[C@H](COC(C)(C)C)[C@@H](O[SiH](C)C)[C@@H]1OCc1ccccc1. The van der Waals surface area contributed by atoms with Crippen LogP contribution < -0.4 is 0 Å². The van der Waals surface area contributed by atoms with Crippen LogP contribution in [0.5, 0.6) is 0 Å². The van der Waals surface area contributed by atoms with Crippen LogP contribution in [0.15, 0.2) is 30.3 Å². The summed E-state index contributed by atoms with van der Waals surface area (Å²) in [5.41, 5.74) is 0.597. The minimum Gasteiger partial charge on any atom is -0.454 e. The van der Waals surface area contributed by atoms with E-state index in [1.165, 1.54) is 6.92 Å². The topological polar surface area (TPSA) is 83.5 Å². The van der Waals surface area contributed by atoms with Crippen molar-refractivity contribution in [3.05, 3.63) is 35.9 Å². The molecule has 1 heterocycles. The summed E-state index contributed by atoms with van der Waals surface area (Å²) in [6, 6.07) is 9.68. The first kappa shape index (κ1) is 24.0. The zero-order valence-corrected chi connectivity index (χ0v) is 19.3. The van der Waals surface area contributed by atoms with Gasteiger partial charge in [-0.15, -0.1) is 0 Å². The van der Waals surface area contributed by atoms with E-state index < -0.39 is 45.7 Å². The molecule has 1 aliphatic heterocycles. The summed E-state index contributed by atoms with van der Waals surface area (Å²) in [7, 11) is -1.51. The van der Waals surface area contributed by atoms with Gasteiger partial charge in [-0.2, -0.15) is 0 Å². The molecule has 0 aliphatic carbocycles. The fraction of sp³-hybridized carbons (Fsp3) is 0.667. The maximum atomic E-state index is 11.6. The zero-order chi connectivity index (χ0) is 21.6. The summed E-state index contributed by atoms with van der Waals surface area (Å²) in [5, 5.41) is 10.6. The first-order valence-corrected chi connectivity index (χ1v) is 12.8. The number of ether oxygens (including phenoxy) is 4. The van der Waals surface area contributed by atoms with Crippen molar-refractivity contribution >= 4 is 15.0 Å². The molecule has 1 fully saturated rings. The first-order chi connectivity index (χ1) is 13.6. The van der Waals surface area contributed by atoms with Gasteiger partial charge in [0.25, 0.3) is 0 Å². The van der Waals surface area contributed by atoms with Gasteiger partial charge in [0.1, 0.15) is 18.3 Å². The van der Waals surface area contributed by atoms with Gasteiger partial charge in [-0.3, -0.25) is 4.79 Å². The van der Waals surface area contributed by atoms with Crippen LogP contribution in [0.25, 0.3) is 0 Å². The van der Waals surface area contributed by atoms with Crippen molar-refractivity contribution in [3.63, 3.8) is 0 Å².